The molecular formula is C15H25N3OS. The molecule has 0 saturated carbocycles. The third-order valence-electron chi connectivity index (χ3n) is 3.19. The van der Waals surface area contributed by atoms with Gasteiger partial charge in [-0.05, 0) is 38.2 Å². The molecule has 1 aromatic carbocycles. The largest absolute Gasteiger partial charge is 0.399 e. The van der Waals surface area contributed by atoms with E-state index in [1.165, 1.54) is 0 Å². The van der Waals surface area contributed by atoms with Crippen molar-refractivity contribution in [2.45, 2.75) is 26.0 Å². The molecule has 0 fully saturated rings. The second-order valence-corrected chi connectivity index (χ2v) is 6.10. The summed E-state index contributed by atoms with van der Waals surface area (Å²) in [6.07, 6.45) is 0. The van der Waals surface area contributed by atoms with E-state index in [1.54, 1.807) is 23.9 Å². The van der Waals surface area contributed by atoms with Gasteiger partial charge in [-0.25, -0.2) is 0 Å². The molecule has 0 heterocycles. The van der Waals surface area contributed by atoms with Crippen LogP contribution in [0.3, 0.4) is 0 Å². The number of hydrogen-bond acceptors (Lipinski definition) is 4. The molecular weight excluding hydrogens is 270 g/mol. The first kappa shape index (κ1) is 16.9. The summed E-state index contributed by atoms with van der Waals surface area (Å²) in [5.74, 6) is 0.993. The molecule has 0 aliphatic carbocycles. The Morgan fingerprint density at radius 2 is 2.10 bits per heavy atom. The molecule has 0 bridgehead atoms. The van der Waals surface area contributed by atoms with Crippen molar-refractivity contribution in [3.63, 3.8) is 0 Å². The van der Waals surface area contributed by atoms with Gasteiger partial charge in [-0.1, -0.05) is 19.9 Å². The van der Waals surface area contributed by atoms with Gasteiger partial charge in [0.25, 0.3) is 0 Å². The van der Waals surface area contributed by atoms with Gasteiger partial charge in [0.15, 0.2) is 0 Å². The average Bonchev–Trinajstić information content (AvgIpc) is 2.43. The van der Waals surface area contributed by atoms with Crippen LogP contribution in [-0.2, 0) is 4.79 Å². The van der Waals surface area contributed by atoms with Crippen molar-refractivity contribution < 1.29 is 4.79 Å². The number of nitrogens with one attached hydrogen (secondary N) is 1. The van der Waals surface area contributed by atoms with E-state index in [1.807, 2.05) is 19.1 Å². The van der Waals surface area contributed by atoms with E-state index in [2.05, 4.69) is 24.1 Å². The van der Waals surface area contributed by atoms with Crippen LogP contribution in [0.5, 0.6) is 0 Å². The predicted molar refractivity (Wildman–Crippen MR) is 89.2 cm³/mol. The maximum absolute atomic E-state index is 12.1. The van der Waals surface area contributed by atoms with E-state index in [4.69, 9.17) is 5.73 Å². The van der Waals surface area contributed by atoms with E-state index < -0.39 is 0 Å². The molecule has 1 aromatic rings. The molecule has 112 valence electrons. The van der Waals surface area contributed by atoms with Crippen molar-refractivity contribution >= 4 is 29.0 Å². The fourth-order valence-electron chi connectivity index (χ4n) is 1.83. The number of nitrogens with zero attached hydrogens (tertiary/aromatic N) is 1. The molecule has 5 heteroatoms. The minimum absolute atomic E-state index is 0.0279. The molecule has 3 N–H and O–H groups in total. The van der Waals surface area contributed by atoms with E-state index in [0.717, 1.165) is 31.1 Å². The number of carbonyl (C=O) groups is 1. The van der Waals surface area contributed by atoms with Crippen LogP contribution in [0, 0.1) is 0 Å². The third-order valence-corrected chi connectivity index (χ3v) is 4.33. The minimum Gasteiger partial charge on any atom is -0.399 e. The number of hydrogen-bond donors (Lipinski definition) is 2. The normalized spacial score (nSPS) is 12.4. The molecule has 0 spiro atoms. The second kappa shape index (κ2) is 8.87. The first-order valence-electron chi connectivity index (χ1n) is 7.07. The van der Waals surface area contributed by atoms with Crippen LogP contribution in [-0.4, -0.2) is 41.4 Å². The number of benzene rings is 1. The van der Waals surface area contributed by atoms with Crippen molar-refractivity contribution in [3.8, 4) is 0 Å². The van der Waals surface area contributed by atoms with E-state index in [0.29, 0.717) is 5.69 Å². The highest BCUT2D eigenvalue weighted by atomic mass is 32.2. The summed E-state index contributed by atoms with van der Waals surface area (Å²) in [4.78, 5) is 14.4. The predicted octanol–water partition coefficient (Wildman–Crippen LogP) is 2.67. The molecule has 1 rings (SSSR count). The quantitative estimate of drug-likeness (QED) is 0.724. The van der Waals surface area contributed by atoms with Crippen molar-refractivity contribution in [1.29, 1.82) is 0 Å². The highest BCUT2D eigenvalue weighted by Crippen LogP contribution is 2.16. The zero-order chi connectivity index (χ0) is 15.0. The Bertz CT molecular complexity index is 421. The summed E-state index contributed by atoms with van der Waals surface area (Å²) < 4.78 is 0. The Labute approximate surface area is 126 Å². The molecule has 0 radical (unpaired) electrons. The van der Waals surface area contributed by atoms with Crippen LogP contribution < -0.4 is 11.1 Å². The summed E-state index contributed by atoms with van der Waals surface area (Å²) in [7, 11) is 0. The van der Waals surface area contributed by atoms with Crippen molar-refractivity contribution in [2.75, 3.05) is 36.4 Å². The average molecular weight is 295 g/mol. The topological polar surface area (TPSA) is 58.4 Å². The Hall–Kier alpha value is -1.20. The number of rotatable bonds is 8. The first-order valence-corrected chi connectivity index (χ1v) is 8.12. The number of nitrogens with two attached hydrogens (primary N) is 1. The van der Waals surface area contributed by atoms with Crippen LogP contribution in [0.1, 0.15) is 20.8 Å². The standard InChI is InChI=1S/C15H25N3OS/c1-4-18(5-2)9-10-20-12(3)15(19)17-14-8-6-7-13(16)11-14/h6-8,11-12H,4-5,9-10,16H2,1-3H3,(H,17,19). The molecule has 0 aliphatic heterocycles. The van der Waals surface area contributed by atoms with Gasteiger partial charge in [0.2, 0.25) is 5.91 Å². The maximum atomic E-state index is 12.1. The highest BCUT2D eigenvalue weighted by Gasteiger charge is 2.13. The Balaban J connectivity index is 2.36. The smallest absolute Gasteiger partial charge is 0.237 e. The first-order chi connectivity index (χ1) is 9.56. The highest BCUT2D eigenvalue weighted by molar-refractivity contribution is 8.00. The summed E-state index contributed by atoms with van der Waals surface area (Å²) >= 11 is 1.68. The number of anilines is 2. The van der Waals surface area contributed by atoms with E-state index in [-0.39, 0.29) is 11.2 Å². The monoisotopic (exact) mass is 295 g/mol. The lowest BCUT2D eigenvalue weighted by atomic mass is 10.3. The lowest BCUT2D eigenvalue weighted by molar-refractivity contribution is -0.115. The van der Waals surface area contributed by atoms with Crippen LogP contribution in [0.2, 0.25) is 0 Å². The van der Waals surface area contributed by atoms with Crippen LogP contribution in [0.25, 0.3) is 0 Å². The van der Waals surface area contributed by atoms with E-state index in [9.17, 15) is 4.79 Å². The summed E-state index contributed by atoms with van der Waals surface area (Å²) in [5, 5.41) is 2.83. The van der Waals surface area contributed by atoms with E-state index >= 15 is 0 Å². The van der Waals surface area contributed by atoms with Gasteiger partial charge in [-0.15, -0.1) is 11.8 Å². The Morgan fingerprint density at radius 1 is 1.40 bits per heavy atom. The molecule has 20 heavy (non-hydrogen) atoms. The molecule has 4 nitrogen and oxygen atoms in total. The third kappa shape index (κ3) is 5.84. The minimum atomic E-state index is -0.0630. The molecule has 1 amide bonds. The maximum Gasteiger partial charge on any atom is 0.237 e. The van der Waals surface area contributed by atoms with Gasteiger partial charge in [-0.2, -0.15) is 0 Å². The molecule has 0 aromatic heterocycles. The Morgan fingerprint density at radius 3 is 2.70 bits per heavy atom. The molecule has 0 saturated heterocycles. The number of carbonyl (C=O) groups excluding carboxylic acids is 1. The van der Waals surface area contributed by atoms with Gasteiger partial charge in [0.1, 0.15) is 0 Å². The Kier molecular flexibility index (Phi) is 7.47. The molecule has 0 aliphatic rings. The van der Waals surface area contributed by atoms with Crippen molar-refractivity contribution in [3.05, 3.63) is 24.3 Å². The van der Waals surface area contributed by atoms with Crippen LogP contribution >= 0.6 is 11.8 Å². The zero-order valence-electron chi connectivity index (χ0n) is 12.6. The summed E-state index contributed by atoms with van der Waals surface area (Å²) in [6.45, 7) is 9.39. The van der Waals surface area contributed by atoms with Crippen molar-refractivity contribution in [1.82, 2.24) is 4.90 Å². The lowest BCUT2D eigenvalue weighted by Gasteiger charge is -2.19. The summed E-state index contributed by atoms with van der Waals surface area (Å²) in [5.41, 5.74) is 7.11. The second-order valence-electron chi connectivity index (χ2n) is 4.65. The van der Waals surface area contributed by atoms with Gasteiger partial charge in [-0.3, -0.25) is 4.79 Å². The fourth-order valence-corrected chi connectivity index (χ4v) is 2.76. The SMILES string of the molecule is CCN(CC)CCSC(C)C(=O)Nc1cccc(N)c1. The summed E-state index contributed by atoms with van der Waals surface area (Å²) in [6, 6.07) is 7.26. The van der Waals surface area contributed by atoms with Crippen LogP contribution in [0.4, 0.5) is 11.4 Å². The van der Waals surface area contributed by atoms with Crippen LogP contribution in [0.15, 0.2) is 24.3 Å². The molecule has 1 unspecified atom stereocenters. The fraction of sp³-hybridized carbons (Fsp3) is 0.533. The lowest BCUT2D eigenvalue weighted by Crippen LogP contribution is -2.28. The molecule has 1 atom stereocenters. The number of thioether (sulfide) groups is 1. The van der Waals surface area contributed by atoms with Gasteiger partial charge >= 0.3 is 0 Å². The van der Waals surface area contributed by atoms with Gasteiger partial charge in [0.05, 0.1) is 5.25 Å². The number of amides is 1. The number of nitrogen functional groups attached to an aromatic ring is 1. The van der Waals surface area contributed by atoms with Crippen molar-refractivity contribution in [2.24, 2.45) is 0 Å². The van der Waals surface area contributed by atoms with Gasteiger partial charge in [0, 0.05) is 23.7 Å². The zero-order valence-corrected chi connectivity index (χ0v) is 13.4. The van der Waals surface area contributed by atoms with Gasteiger partial charge < -0.3 is 16.0 Å².